The molecule has 30 heavy (non-hydrogen) atoms. The minimum absolute atomic E-state index is 0.159. The monoisotopic (exact) mass is 473 g/mol. The van der Waals surface area contributed by atoms with Crippen molar-refractivity contribution in [3.05, 3.63) is 58.6 Å². The Hall–Kier alpha value is -2.38. The number of hydrogen-bond acceptors (Lipinski definition) is 4. The van der Waals surface area contributed by atoms with Crippen molar-refractivity contribution in [3.63, 3.8) is 0 Å². The van der Waals surface area contributed by atoms with Crippen molar-refractivity contribution in [2.75, 3.05) is 31.6 Å². The number of likely N-dealkylation sites (tertiary alicyclic amines) is 1. The van der Waals surface area contributed by atoms with Gasteiger partial charge < -0.3 is 20.3 Å². The molecule has 0 atom stereocenters. The molecule has 1 aliphatic rings. The van der Waals surface area contributed by atoms with Crippen molar-refractivity contribution in [1.29, 1.82) is 0 Å². The third kappa shape index (κ3) is 6.57. The van der Waals surface area contributed by atoms with E-state index in [1.54, 1.807) is 36.4 Å². The number of para-hydroxylation sites is 1. The second kappa shape index (κ2) is 11.1. The van der Waals surface area contributed by atoms with E-state index in [9.17, 15) is 9.59 Å². The van der Waals surface area contributed by atoms with Crippen LogP contribution in [0.2, 0.25) is 0 Å². The summed E-state index contributed by atoms with van der Waals surface area (Å²) < 4.78 is 6.60. The van der Waals surface area contributed by atoms with Crippen molar-refractivity contribution in [3.8, 4) is 5.75 Å². The zero-order valence-corrected chi connectivity index (χ0v) is 18.8. The van der Waals surface area contributed by atoms with Gasteiger partial charge in [-0.2, -0.15) is 0 Å². The van der Waals surface area contributed by atoms with Gasteiger partial charge >= 0.3 is 0 Å². The minimum Gasteiger partial charge on any atom is -0.483 e. The van der Waals surface area contributed by atoms with E-state index in [2.05, 4.69) is 38.4 Å². The van der Waals surface area contributed by atoms with Gasteiger partial charge in [0.25, 0.3) is 11.8 Å². The predicted molar refractivity (Wildman–Crippen MR) is 122 cm³/mol. The van der Waals surface area contributed by atoms with E-state index >= 15 is 0 Å². The molecule has 6 nitrogen and oxygen atoms in total. The van der Waals surface area contributed by atoms with Crippen LogP contribution in [-0.2, 0) is 4.79 Å². The second-order valence-corrected chi connectivity index (χ2v) is 8.34. The number of nitrogens with one attached hydrogen (secondary N) is 2. The van der Waals surface area contributed by atoms with E-state index in [-0.39, 0.29) is 24.5 Å². The number of nitrogens with zero attached hydrogens (tertiary/aromatic N) is 1. The number of hydrogen-bond donors (Lipinski definition) is 2. The highest BCUT2D eigenvalue weighted by Gasteiger charge is 2.22. The summed E-state index contributed by atoms with van der Waals surface area (Å²) in [5.74, 6) is -0.0342. The number of carbonyl (C=O) groups excluding carboxylic acids is 2. The summed E-state index contributed by atoms with van der Waals surface area (Å²) >= 11 is 3.36. The Labute approximate surface area is 186 Å². The molecule has 0 radical (unpaired) electrons. The third-order valence-electron chi connectivity index (χ3n) is 5.08. The lowest BCUT2D eigenvalue weighted by atomic mass is 10.0. The Bertz CT molecular complexity index is 849. The Kier molecular flexibility index (Phi) is 8.28. The van der Waals surface area contributed by atoms with Crippen LogP contribution in [0.25, 0.3) is 0 Å². The van der Waals surface area contributed by atoms with Crippen LogP contribution in [0.1, 0.15) is 36.5 Å². The van der Waals surface area contributed by atoms with Crippen LogP contribution < -0.4 is 15.4 Å². The molecule has 0 bridgehead atoms. The maximum Gasteiger partial charge on any atom is 0.262 e. The molecule has 1 saturated heterocycles. The molecule has 0 unspecified atom stereocenters. The molecule has 7 heteroatoms. The second-order valence-electron chi connectivity index (χ2n) is 7.43. The number of benzene rings is 2. The molecule has 0 aromatic heterocycles. The van der Waals surface area contributed by atoms with Crippen LogP contribution >= 0.6 is 15.9 Å². The Morgan fingerprint density at radius 2 is 1.80 bits per heavy atom. The van der Waals surface area contributed by atoms with Gasteiger partial charge in [0.1, 0.15) is 5.75 Å². The van der Waals surface area contributed by atoms with Crippen molar-refractivity contribution in [1.82, 2.24) is 10.2 Å². The Morgan fingerprint density at radius 1 is 1.10 bits per heavy atom. The van der Waals surface area contributed by atoms with Crippen molar-refractivity contribution in [2.45, 2.75) is 32.2 Å². The van der Waals surface area contributed by atoms with E-state index in [1.807, 2.05) is 12.1 Å². The molecule has 2 amide bonds. The zero-order chi connectivity index (χ0) is 21.3. The van der Waals surface area contributed by atoms with Gasteiger partial charge in [0.15, 0.2) is 6.61 Å². The lowest BCUT2D eigenvalue weighted by Crippen LogP contribution is -2.44. The quantitative estimate of drug-likeness (QED) is 0.605. The van der Waals surface area contributed by atoms with Gasteiger partial charge in [0, 0.05) is 29.3 Å². The molecule has 0 spiro atoms. The van der Waals surface area contributed by atoms with E-state index in [1.165, 1.54) is 0 Å². The Morgan fingerprint density at radius 3 is 2.50 bits per heavy atom. The number of halogens is 1. The third-order valence-corrected chi connectivity index (χ3v) is 5.61. The van der Waals surface area contributed by atoms with Gasteiger partial charge in [-0.3, -0.25) is 9.59 Å². The van der Waals surface area contributed by atoms with Gasteiger partial charge in [-0.25, -0.2) is 0 Å². The van der Waals surface area contributed by atoms with Crippen LogP contribution in [0.5, 0.6) is 5.75 Å². The molecule has 3 rings (SSSR count). The van der Waals surface area contributed by atoms with Crippen molar-refractivity contribution >= 4 is 33.4 Å². The molecule has 2 aromatic carbocycles. The summed E-state index contributed by atoms with van der Waals surface area (Å²) in [6, 6.07) is 14.5. The fraction of sp³-hybridized carbons (Fsp3) is 0.391. The fourth-order valence-corrected chi connectivity index (χ4v) is 3.80. The lowest BCUT2D eigenvalue weighted by molar-refractivity contribution is -0.118. The van der Waals surface area contributed by atoms with Crippen LogP contribution in [0, 0.1) is 0 Å². The maximum absolute atomic E-state index is 12.8. The number of carbonyl (C=O) groups is 2. The van der Waals surface area contributed by atoms with Crippen molar-refractivity contribution < 1.29 is 14.3 Å². The Balaban J connectivity index is 1.53. The summed E-state index contributed by atoms with van der Waals surface area (Å²) in [6.07, 6.45) is 3.05. The van der Waals surface area contributed by atoms with Gasteiger partial charge in [-0.1, -0.05) is 35.0 Å². The molecule has 0 aliphatic carbocycles. The first kappa shape index (κ1) is 22.3. The first-order valence-electron chi connectivity index (χ1n) is 10.4. The van der Waals surface area contributed by atoms with Crippen LogP contribution in [0.4, 0.5) is 5.69 Å². The fourth-order valence-electron chi connectivity index (χ4n) is 3.53. The molecule has 2 N–H and O–H groups in total. The standard InChI is InChI=1S/C23H28BrN3O3/c1-2-13-27-14-11-19(12-15-27)26-23(29)20-5-3-4-6-21(20)30-16-22(28)25-18-9-7-17(24)8-10-18/h3-10,19H,2,11-16H2,1H3,(H,25,28)(H,26,29). The first-order valence-corrected chi connectivity index (χ1v) is 11.1. The van der Waals surface area contributed by atoms with Crippen LogP contribution in [0.3, 0.4) is 0 Å². The molecular formula is C23H28BrN3O3. The molecule has 2 aromatic rings. The average molecular weight is 474 g/mol. The smallest absolute Gasteiger partial charge is 0.262 e. The zero-order valence-electron chi connectivity index (χ0n) is 17.2. The normalized spacial score (nSPS) is 14.9. The summed E-state index contributed by atoms with van der Waals surface area (Å²) in [4.78, 5) is 27.4. The van der Waals surface area contributed by atoms with E-state index in [0.29, 0.717) is 17.0 Å². The molecule has 0 saturated carbocycles. The summed E-state index contributed by atoms with van der Waals surface area (Å²) in [5.41, 5.74) is 1.14. The number of anilines is 1. The topological polar surface area (TPSA) is 70.7 Å². The number of rotatable bonds is 8. The van der Waals surface area contributed by atoms with E-state index in [0.717, 1.165) is 43.4 Å². The van der Waals surface area contributed by atoms with E-state index in [4.69, 9.17) is 4.74 Å². The SMILES string of the molecule is CCCN1CCC(NC(=O)c2ccccc2OCC(=O)Nc2ccc(Br)cc2)CC1. The average Bonchev–Trinajstić information content (AvgIpc) is 2.76. The molecule has 1 aliphatic heterocycles. The van der Waals surface area contributed by atoms with Gasteiger partial charge in [0.05, 0.1) is 5.56 Å². The minimum atomic E-state index is -0.282. The molecular weight excluding hydrogens is 446 g/mol. The van der Waals surface area contributed by atoms with Crippen LogP contribution in [-0.4, -0.2) is 49.0 Å². The predicted octanol–water partition coefficient (Wildman–Crippen LogP) is 4.07. The number of amides is 2. The highest BCUT2D eigenvalue weighted by molar-refractivity contribution is 9.10. The number of ether oxygens (including phenoxy) is 1. The van der Waals surface area contributed by atoms with Gasteiger partial charge in [0.2, 0.25) is 0 Å². The highest BCUT2D eigenvalue weighted by Crippen LogP contribution is 2.20. The first-order chi connectivity index (χ1) is 14.5. The maximum atomic E-state index is 12.8. The molecule has 160 valence electrons. The van der Waals surface area contributed by atoms with Crippen molar-refractivity contribution in [2.24, 2.45) is 0 Å². The molecule has 1 fully saturated rings. The van der Waals surface area contributed by atoms with Gasteiger partial charge in [-0.15, -0.1) is 0 Å². The lowest BCUT2D eigenvalue weighted by Gasteiger charge is -2.32. The summed E-state index contributed by atoms with van der Waals surface area (Å²) in [5, 5.41) is 5.90. The summed E-state index contributed by atoms with van der Waals surface area (Å²) in [7, 11) is 0. The summed E-state index contributed by atoms with van der Waals surface area (Å²) in [6.45, 7) is 5.14. The molecule has 1 heterocycles. The highest BCUT2D eigenvalue weighted by atomic mass is 79.9. The van der Waals surface area contributed by atoms with E-state index < -0.39 is 0 Å². The largest absolute Gasteiger partial charge is 0.483 e. The van der Waals surface area contributed by atoms with Gasteiger partial charge in [-0.05, 0) is 62.2 Å². The number of piperidine rings is 1. The van der Waals surface area contributed by atoms with Crippen LogP contribution in [0.15, 0.2) is 53.0 Å².